The number of rotatable bonds is 6. The first kappa shape index (κ1) is 11.2. The van der Waals surface area contributed by atoms with Gasteiger partial charge in [0.25, 0.3) is 0 Å². The molecule has 1 aromatic rings. The van der Waals surface area contributed by atoms with Crippen molar-refractivity contribution in [1.82, 2.24) is 9.97 Å². The van der Waals surface area contributed by atoms with Crippen LogP contribution in [0.25, 0.3) is 0 Å². The molecule has 0 fully saturated rings. The van der Waals surface area contributed by atoms with Crippen LogP contribution < -0.4 is 10.2 Å². The molecule has 0 bridgehead atoms. The van der Waals surface area contributed by atoms with E-state index in [4.69, 9.17) is 9.84 Å². The molecule has 2 N–H and O–H groups in total. The van der Waals surface area contributed by atoms with Gasteiger partial charge < -0.3 is 9.84 Å². The minimum atomic E-state index is -1.07. The molecule has 0 spiro atoms. The van der Waals surface area contributed by atoms with Crippen LogP contribution in [0.1, 0.15) is 6.92 Å². The molecule has 7 nitrogen and oxygen atoms in total. The van der Waals surface area contributed by atoms with Gasteiger partial charge in [0.15, 0.2) is 12.4 Å². The van der Waals surface area contributed by atoms with Crippen LogP contribution in [0.15, 0.2) is 12.4 Å². The second-order valence-electron chi connectivity index (χ2n) is 2.46. The number of carboxylic acid groups (broad SMARTS) is 1. The van der Waals surface area contributed by atoms with Crippen LogP contribution in [0.5, 0.6) is 5.88 Å². The molecular weight excluding hydrogens is 202 g/mol. The molecule has 1 heterocycles. The Morgan fingerprint density at radius 1 is 1.60 bits per heavy atom. The molecule has 0 unspecified atom stereocenters. The summed E-state index contributed by atoms with van der Waals surface area (Å²) in [7, 11) is 0. The highest BCUT2D eigenvalue weighted by Crippen LogP contribution is 2.08. The molecule has 0 aromatic carbocycles. The Labute approximate surface area is 86.0 Å². The first-order chi connectivity index (χ1) is 7.22. The van der Waals surface area contributed by atoms with Crippen molar-refractivity contribution in [1.29, 1.82) is 0 Å². The van der Waals surface area contributed by atoms with Crippen molar-refractivity contribution in [3.8, 4) is 5.88 Å². The van der Waals surface area contributed by atoms with Gasteiger partial charge in [-0.05, 0) is 6.92 Å². The van der Waals surface area contributed by atoms with E-state index in [-0.39, 0.29) is 0 Å². The Balaban J connectivity index is 2.46. The van der Waals surface area contributed by atoms with Gasteiger partial charge in [-0.3, -0.25) is 9.82 Å². The van der Waals surface area contributed by atoms with Gasteiger partial charge in [-0.1, -0.05) is 0 Å². The van der Waals surface area contributed by atoms with Gasteiger partial charge >= 0.3 is 5.97 Å². The van der Waals surface area contributed by atoms with Crippen LogP contribution in [-0.2, 0) is 9.63 Å². The summed E-state index contributed by atoms with van der Waals surface area (Å²) in [5, 5.41) is 8.30. The molecular formula is C8H11N3O4. The van der Waals surface area contributed by atoms with Crippen molar-refractivity contribution in [2.75, 3.05) is 18.7 Å². The average Bonchev–Trinajstić information content (AvgIpc) is 2.18. The fourth-order valence-electron chi connectivity index (χ4n) is 0.786. The van der Waals surface area contributed by atoms with E-state index < -0.39 is 12.6 Å². The SMILES string of the molecule is CCOc1cncc(NOCC(=O)O)n1. The summed E-state index contributed by atoms with van der Waals surface area (Å²) in [5.41, 5.74) is 2.34. The second-order valence-corrected chi connectivity index (χ2v) is 2.46. The molecule has 0 aliphatic carbocycles. The second kappa shape index (κ2) is 5.76. The standard InChI is InChI=1S/C8H11N3O4/c1-2-14-7-4-9-3-6(10-7)11-15-5-8(12)13/h3-4H,2,5H2,1H3,(H,10,11)(H,12,13). The Kier molecular flexibility index (Phi) is 4.30. The molecule has 0 radical (unpaired) electrons. The lowest BCUT2D eigenvalue weighted by molar-refractivity contribution is -0.141. The van der Waals surface area contributed by atoms with Crippen LogP contribution in [0.3, 0.4) is 0 Å². The molecule has 82 valence electrons. The molecule has 1 aromatic heterocycles. The molecule has 7 heteroatoms. The zero-order valence-electron chi connectivity index (χ0n) is 8.14. The number of aliphatic carboxylic acids is 1. The van der Waals surface area contributed by atoms with Crippen molar-refractivity contribution >= 4 is 11.8 Å². The quantitative estimate of drug-likeness (QED) is 0.656. The maximum atomic E-state index is 10.1. The zero-order chi connectivity index (χ0) is 11.1. The Bertz CT molecular complexity index is 331. The lowest BCUT2D eigenvalue weighted by Gasteiger charge is -2.05. The van der Waals surface area contributed by atoms with E-state index in [0.29, 0.717) is 18.3 Å². The monoisotopic (exact) mass is 213 g/mol. The maximum Gasteiger partial charge on any atom is 0.332 e. The highest BCUT2D eigenvalue weighted by molar-refractivity contribution is 5.68. The maximum absolute atomic E-state index is 10.1. The summed E-state index contributed by atoms with van der Waals surface area (Å²) in [5.74, 6) is -0.431. The van der Waals surface area contributed by atoms with Gasteiger partial charge in [-0.2, -0.15) is 4.98 Å². The van der Waals surface area contributed by atoms with Gasteiger partial charge in [0.1, 0.15) is 0 Å². The zero-order valence-corrected chi connectivity index (χ0v) is 8.14. The van der Waals surface area contributed by atoms with E-state index in [1.54, 1.807) is 0 Å². The number of nitrogens with one attached hydrogen (secondary N) is 1. The van der Waals surface area contributed by atoms with E-state index >= 15 is 0 Å². The number of nitrogens with zero attached hydrogens (tertiary/aromatic N) is 2. The summed E-state index contributed by atoms with van der Waals surface area (Å²) in [6, 6.07) is 0. The molecule has 0 amide bonds. The van der Waals surface area contributed by atoms with Gasteiger partial charge in [-0.25, -0.2) is 10.3 Å². The molecule has 0 saturated heterocycles. The van der Waals surface area contributed by atoms with Gasteiger partial charge in [0, 0.05) is 0 Å². The number of ether oxygens (including phenoxy) is 1. The number of hydrogen-bond acceptors (Lipinski definition) is 6. The number of aromatic nitrogens is 2. The van der Waals surface area contributed by atoms with E-state index in [9.17, 15) is 4.79 Å². The molecule has 15 heavy (non-hydrogen) atoms. The predicted molar refractivity (Wildman–Crippen MR) is 50.4 cm³/mol. The lowest BCUT2D eigenvalue weighted by Crippen LogP contribution is -2.12. The molecule has 0 aliphatic rings. The van der Waals surface area contributed by atoms with E-state index in [0.717, 1.165) is 0 Å². The smallest absolute Gasteiger partial charge is 0.332 e. The molecule has 1 rings (SSSR count). The minimum Gasteiger partial charge on any atom is -0.479 e. The molecule has 0 saturated carbocycles. The first-order valence-corrected chi connectivity index (χ1v) is 4.26. The lowest BCUT2D eigenvalue weighted by atomic mass is 10.6. The van der Waals surface area contributed by atoms with Gasteiger partial charge in [0.05, 0.1) is 19.0 Å². The normalized spacial score (nSPS) is 9.67. The van der Waals surface area contributed by atoms with Crippen molar-refractivity contribution in [2.45, 2.75) is 6.92 Å². The number of carbonyl (C=O) groups is 1. The topological polar surface area (TPSA) is 93.6 Å². The van der Waals surface area contributed by atoms with Crippen molar-refractivity contribution < 1.29 is 19.5 Å². The highest BCUT2D eigenvalue weighted by atomic mass is 16.7. The minimum absolute atomic E-state index is 0.294. The van der Waals surface area contributed by atoms with Crippen molar-refractivity contribution in [2.24, 2.45) is 0 Å². The van der Waals surface area contributed by atoms with E-state index in [1.165, 1.54) is 12.4 Å². The summed E-state index contributed by atoms with van der Waals surface area (Å²) in [6.07, 6.45) is 2.84. The van der Waals surface area contributed by atoms with Crippen LogP contribution in [0.4, 0.5) is 5.82 Å². The summed E-state index contributed by atoms with van der Waals surface area (Å²) in [6.45, 7) is 1.84. The van der Waals surface area contributed by atoms with Crippen molar-refractivity contribution in [3.05, 3.63) is 12.4 Å². The Hall–Kier alpha value is -1.89. The molecule has 0 atom stereocenters. The Morgan fingerprint density at radius 2 is 2.40 bits per heavy atom. The predicted octanol–water partition coefficient (Wildman–Crippen LogP) is 0.303. The number of anilines is 1. The third-order valence-corrected chi connectivity index (χ3v) is 1.28. The van der Waals surface area contributed by atoms with Crippen molar-refractivity contribution in [3.63, 3.8) is 0 Å². The fourth-order valence-corrected chi connectivity index (χ4v) is 0.786. The largest absolute Gasteiger partial charge is 0.479 e. The van der Waals surface area contributed by atoms with Crippen LogP contribution in [0.2, 0.25) is 0 Å². The van der Waals surface area contributed by atoms with E-state index in [1.807, 2.05) is 6.92 Å². The fraction of sp³-hybridized carbons (Fsp3) is 0.375. The van der Waals surface area contributed by atoms with Crippen LogP contribution in [-0.4, -0.2) is 34.3 Å². The number of carboxylic acids is 1. The highest BCUT2D eigenvalue weighted by Gasteiger charge is 2.00. The number of hydrogen-bond donors (Lipinski definition) is 2. The van der Waals surface area contributed by atoms with Gasteiger partial charge in [0.2, 0.25) is 5.88 Å². The summed E-state index contributed by atoms with van der Waals surface area (Å²) < 4.78 is 5.09. The first-order valence-electron chi connectivity index (χ1n) is 4.26. The Morgan fingerprint density at radius 3 is 3.07 bits per heavy atom. The summed E-state index contributed by atoms with van der Waals surface area (Å²) >= 11 is 0. The van der Waals surface area contributed by atoms with Crippen LogP contribution in [0, 0.1) is 0 Å². The average molecular weight is 213 g/mol. The third kappa shape index (κ3) is 4.23. The van der Waals surface area contributed by atoms with Gasteiger partial charge in [-0.15, -0.1) is 0 Å². The van der Waals surface area contributed by atoms with Crippen LogP contribution >= 0.6 is 0 Å². The van der Waals surface area contributed by atoms with E-state index in [2.05, 4.69) is 20.3 Å². The third-order valence-electron chi connectivity index (χ3n) is 1.28. The summed E-state index contributed by atoms with van der Waals surface area (Å²) in [4.78, 5) is 22.5. The molecule has 0 aliphatic heterocycles.